The predicted octanol–water partition coefficient (Wildman–Crippen LogP) is 4.28. The molecule has 1 amide bonds. The Kier molecular flexibility index (Phi) is 5.15. The molecule has 152 valence electrons. The number of benzene rings is 2. The van der Waals surface area contributed by atoms with Crippen LogP contribution in [0.1, 0.15) is 49.7 Å². The molecule has 0 atom stereocenters. The van der Waals surface area contributed by atoms with E-state index in [1.165, 1.54) is 6.07 Å². The molecule has 2 fully saturated rings. The van der Waals surface area contributed by atoms with Gasteiger partial charge in [0.1, 0.15) is 5.82 Å². The average Bonchev–Trinajstić information content (AvgIpc) is 3.25. The number of nitrogens with zero attached hydrogens (tertiary/aromatic N) is 1. The van der Waals surface area contributed by atoms with Crippen LogP contribution in [0.2, 0.25) is 0 Å². The monoisotopic (exact) mass is 395 g/mol. The Morgan fingerprint density at radius 3 is 2.00 bits per heavy atom. The molecule has 29 heavy (non-hydrogen) atoms. The Bertz CT molecular complexity index is 897. The van der Waals surface area contributed by atoms with Crippen molar-refractivity contribution in [3.05, 3.63) is 71.5 Å². The van der Waals surface area contributed by atoms with E-state index in [-0.39, 0.29) is 11.7 Å². The maximum atomic E-state index is 14.6. The highest BCUT2D eigenvalue weighted by molar-refractivity contribution is 5.89. The highest BCUT2D eigenvalue weighted by Crippen LogP contribution is 2.45. The minimum absolute atomic E-state index is 0.0489. The molecule has 2 aromatic rings. The average molecular weight is 395 g/mol. The molecule has 0 radical (unpaired) electrons. The predicted molar refractivity (Wildman–Crippen MR) is 108 cm³/mol. The summed E-state index contributed by atoms with van der Waals surface area (Å²) < 4.78 is 14.6. The summed E-state index contributed by atoms with van der Waals surface area (Å²) in [7, 11) is 0. The smallest absolute Gasteiger partial charge is 0.314 e. The van der Waals surface area contributed by atoms with Crippen LogP contribution in [0, 0.1) is 5.82 Å². The van der Waals surface area contributed by atoms with Gasteiger partial charge >= 0.3 is 5.97 Å². The molecular formula is C24H26FNO3. The molecule has 1 saturated carbocycles. The lowest BCUT2D eigenvalue weighted by Gasteiger charge is -2.42. The van der Waals surface area contributed by atoms with Crippen LogP contribution >= 0.6 is 0 Å². The minimum atomic E-state index is -0.973. The molecule has 0 spiro atoms. The zero-order valence-electron chi connectivity index (χ0n) is 16.4. The Morgan fingerprint density at radius 1 is 0.828 bits per heavy atom. The number of carbonyl (C=O) groups is 2. The summed E-state index contributed by atoms with van der Waals surface area (Å²) in [5.74, 6) is -1.23. The summed E-state index contributed by atoms with van der Waals surface area (Å²) in [5, 5.41) is 9.99. The van der Waals surface area contributed by atoms with Gasteiger partial charge in [0.2, 0.25) is 5.91 Å². The number of carbonyl (C=O) groups excluding carboxylic acids is 1. The van der Waals surface area contributed by atoms with Crippen molar-refractivity contribution in [2.24, 2.45) is 0 Å². The second-order valence-corrected chi connectivity index (χ2v) is 8.31. The van der Waals surface area contributed by atoms with Crippen molar-refractivity contribution in [2.75, 3.05) is 13.1 Å². The normalized spacial score (nSPS) is 20.4. The number of piperidine rings is 1. The summed E-state index contributed by atoms with van der Waals surface area (Å²) >= 11 is 0. The lowest BCUT2D eigenvalue weighted by molar-refractivity contribution is -0.149. The van der Waals surface area contributed by atoms with Crippen molar-refractivity contribution < 1.29 is 19.1 Å². The minimum Gasteiger partial charge on any atom is -0.481 e. The quantitative estimate of drug-likeness (QED) is 0.841. The van der Waals surface area contributed by atoms with Gasteiger partial charge < -0.3 is 10.0 Å². The van der Waals surface area contributed by atoms with Gasteiger partial charge in [-0.3, -0.25) is 9.59 Å². The molecule has 1 aliphatic heterocycles. The number of hydrogen-bond acceptors (Lipinski definition) is 2. The molecule has 2 aliphatic rings. The standard InChI is InChI=1S/C24H26FNO3/c25-20-11-5-4-10-19(20)24(12-6-7-13-24)21(27)26-16-14-23(15-17-26,22(28)29)18-8-2-1-3-9-18/h1-5,8-11H,6-7,12-17H2,(H,28,29). The van der Waals surface area contributed by atoms with Gasteiger partial charge in [0.15, 0.2) is 0 Å². The van der Waals surface area contributed by atoms with Crippen LogP contribution in [-0.2, 0) is 20.4 Å². The number of hydrogen-bond donors (Lipinski definition) is 1. The highest BCUT2D eigenvalue weighted by atomic mass is 19.1. The van der Waals surface area contributed by atoms with E-state index in [4.69, 9.17) is 0 Å². The molecule has 1 N–H and O–H groups in total. The third-order valence-corrected chi connectivity index (χ3v) is 6.90. The van der Waals surface area contributed by atoms with Crippen molar-refractivity contribution in [2.45, 2.75) is 49.4 Å². The number of halogens is 1. The first-order chi connectivity index (χ1) is 14.0. The second-order valence-electron chi connectivity index (χ2n) is 8.31. The number of amides is 1. The summed E-state index contributed by atoms with van der Waals surface area (Å²) in [6, 6.07) is 15.9. The Hall–Kier alpha value is -2.69. The van der Waals surface area contributed by atoms with E-state index in [9.17, 15) is 19.1 Å². The molecule has 1 saturated heterocycles. The van der Waals surface area contributed by atoms with Crippen LogP contribution in [0.15, 0.2) is 54.6 Å². The molecule has 0 unspecified atom stereocenters. The second kappa shape index (κ2) is 7.62. The van der Waals surface area contributed by atoms with Crippen LogP contribution in [0.4, 0.5) is 4.39 Å². The van der Waals surface area contributed by atoms with Gasteiger partial charge in [-0.05, 0) is 37.3 Å². The molecule has 4 nitrogen and oxygen atoms in total. The fourth-order valence-corrected chi connectivity index (χ4v) is 5.20. The Labute approximate surface area is 170 Å². The van der Waals surface area contributed by atoms with Crippen LogP contribution < -0.4 is 0 Å². The number of likely N-dealkylation sites (tertiary alicyclic amines) is 1. The summed E-state index contributed by atoms with van der Waals surface area (Å²) in [5.41, 5.74) is -0.523. The highest BCUT2D eigenvalue weighted by Gasteiger charge is 2.50. The topological polar surface area (TPSA) is 57.6 Å². The van der Waals surface area contributed by atoms with E-state index in [2.05, 4.69) is 0 Å². The SMILES string of the molecule is O=C(O)C1(c2ccccc2)CCN(C(=O)C2(c3ccccc3F)CCCC2)CC1. The van der Waals surface area contributed by atoms with Crippen LogP contribution in [0.25, 0.3) is 0 Å². The van der Waals surface area contributed by atoms with Crippen molar-refractivity contribution >= 4 is 11.9 Å². The number of aliphatic carboxylic acids is 1. The first-order valence-electron chi connectivity index (χ1n) is 10.3. The number of carboxylic acids is 1. The third kappa shape index (κ3) is 3.22. The zero-order chi connectivity index (χ0) is 20.5. The lowest BCUT2D eigenvalue weighted by atomic mass is 9.71. The van der Waals surface area contributed by atoms with Crippen LogP contribution in [0.5, 0.6) is 0 Å². The maximum absolute atomic E-state index is 14.6. The lowest BCUT2D eigenvalue weighted by Crippen LogP contribution is -2.53. The van der Waals surface area contributed by atoms with Crippen LogP contribution in [-0.4, -0.2) is 35.0 Å². The van der Waals surface area contributed by atoms with Crippen molar-refractivity contribution in [3.8, 4) is 0 Å². The van der Waals surface area contributed by atoms with E-state index in [1.54, 1.807) is 23.1 Å². The molecule has 2 aromatic carbocycles. The van der Waals surface area contributed by atoms with Crippen molar-refractivity contribution in [3.63, 3.8) is 0 Å². The van der Waals surface area contributed by atoms with Gasteiger partial charge in [-0.15, -0.1) is 0 Å². The van der Waals surface area contributed by atoms with E-state index in [0.29, 0.717) is 44.3 Å². The summed E-state index contributed by atoms with van der Waals surface area (Å²) in [6.07, 6.45) is 3.82. The van der Waals surface area contributed by atoms with Gasteiger partial charge in [-0.25, -0.2) is 4.39 Å². The van der Waals surface area contributed by atoms with E-state index >= 15 is 0 Å². The van der Waals surface area contributed by atoms with E-state index < -0.39 is 16.8 Å². The molecule has 1 aliphatic carbocycles. The first-order valence-corrected chi connectivity index (χ1v) is 10.3. The molecule has 4 rings (SSSR count). The van der Waals surface area contributed by atoms with Gasteiger partial charge in [-0.2, -0.15) is 0 Å². The Balaban J connectivity index is 1.60. The van der Waals surface area contributed by atoms with Gasteiger partial charge in [-0.1, -0.05) is 61.4 Å². The van der Waals surface area contributed by atoms with Gasteiger partial charge in [0.05, 0.1) is 10.8 Å². The molecule has 0 aromatic heterocycles. The number of carboxylic acid groups (broad SMARTS) is 1. The summed E-state index contributed by atoms with van der Waals surface area (Å²) in [6.45, 7) is 0.743. The Morgan fingerprint density at radius 2 is 1.41 bits per heavy atom. The molecule has 5 heteroatoms. The van der Waals surface area contributed by atoms with Crippen molar-refractivity contribution in [1.82, 2.24) is 4.90 Å². The summed E-state index contributed by atoms with van der Waals surface area (Å²) in [4.78, 5) is 27.6. The van der Waals surface area contributed by atoms with Gasteiger partial charge in [0.25, 0.3) is 0 Å². The zero-order valence-corrected chi connectivity index (χ0v) is 16.4. The third-order valence-electron chi connectivity index (χ3n) is 6.90. The molecule has 1 heterocycles. The largest absolute Gasteiger partial charge is 0.481 e. The fourth-order valence-electron chi connectivity index (χ4n) is 5.20. The fraction of sp³-hybridized carbons (Fsp3) is 0.417. The number of rotatable bonds is 4. The van der Waals surface area contributed by atoms with Crippen LogP contribution in [0.3, 0.4) is 0 Å². The molecule has 0 bridgehead atoms. The van der Waals surface area contributed by atoms with E-state index in [1.807, 2.05) is 30.3 Å². The van der Waals surface area contributed by atoms with E-state index in [0.717, 1.165) is 18.4 Å². The van der Waals surface area contributed by atoms with Crippen molar-refractivity contribution in [1.29, 1.82) is 0 Å². The first kappa shape index (κ1) is 19.6. The van der Waals surface area contributed by atoms with Gasteiger partial charge in [0, 0.05) is 18.7 Å². The maximum Gasteiger partial charge on any atom is 0.314 e. The molecular weight excluding hydrogens is 369 g/mol.